The van der Waals surface area contributed by atoms with Crippen LogP contribution >= 0.6 is 0 Å². The highest BCUT2D eigenvalue weighted by Crippen LogP contribution is 1.99. The van der Waals surface area contributed by atoms with Gasteiger partial charge in [-0.25, -0.2) is 4.98 Å². The molecule has 12 heavy (non-hydrogen) atoms. The number of hydrogen-bond acceptors (Lipinski definition) is 4. The van der Waals surface area contributed by atoms with Gasteiger partial charge in [0.05, 0.1) is 6.33 Å². The molecule has 62 valence electrons. The third kappa shape index (κ3) is 1.50. The van der Waals surface area contributed by atoms with Crippen molar-refractivity contribution in [2.24, 2.45) is 0 Å². The molecule has 0 saturated carbocycles. The van der Waals surface area contributed by atoms with Gasteiger partial charge in [-0.05, 0) is 6.42 Å². The number of imidazole rings is 1. The molecule has 0 aromatic carbocycles. The number of hydrogen-bond donors (Lipinski definition) is 1. The Morgan fingerprint density at radius 2 is 2.42 bits per heavy atom. The van der Waals surface area contributed by atoms with Crippen LogP contribution in [0.25, 0.3) is 0 Å². The molecule has 0 bridgehead atoms. The standard InChI is InChI=1S/C7H8N4O/c1(6-3-8-5-9-6)2-7-4-12-11-10-7/h3-5H,1-2H2,(H,8,9). The van der Waals surface area contributed by atoms with Crippen LogP contribution < -0.4 is 0 Å². The molecule has 5 heteroatoms. The summed E-state index contributed by atoms with van der Waals surface area (Å²) in [6, 6.07) is 0. The zero-order chi connectivity index (χ0) is 8.23. The molecule has 0 unspecified atom stereocenters. The molecule has 0 aliphatic carbocycles. The topological polar surface area (TPSA) is 67.6 Å². The smallest absolute Gasteiger partial charge is 0.147 e. The summed E-state index contributed by atoms with van der Waals surface area (Å²) in [7, 11) is 0. The minimum Gasteiger partial charge on any atom is -0.348 e. The maximum absolute atomic E-state index is 4.60. The average Bonchev–Trinajstić information content (AvgIpc) is 2.74. The largest absolute Gasteiger partial charge is 0.348 e. The second kappa shape index (κ2) is 3.17. The van der Waals surface area contributed by atoms with E-state index >= 15 is 0 Å². The van der Waals surface area contributed by atoms with Crippen LogP contribution in [0.15, 0.2) is 23.3 Å². The Morgan fingerprint density at radius 3 is 3.08 bits per heavy atom. The van der Waals surface area contributed by atoms with Crippen molar-refractivity contribution in [3.63, 3.8) is 0 Å². The lowest BCUT2D eigenvalue weighted by Crippen LogP contribution is -1.91. The first-order valence-corrected chi connectivity index (χ1v) is 3.68. The Kier molecular flexibility index (Phi) is 1.85. The van der Waals surface area contributed by atoms with Crippen molar-refractivity contribution in [2.75, 3.05) is 0 Å². The molecular weight excluding hydrogens is 156 g/mol. The lowest BCUT2D eigenvalue weighted by atomic mass is 10.2. The molecule has 2 heterocycles. The van der Waals surface area contributed by atoms with E-state index in [1.807, 2.05) is 0 Å². The number of aromatic nitrogens is 4. The highest BCUT2D eigenvalue weighted by Gasteiger charge is 1.99. The summed E-state index contributed by atoms with van der Waals surface area (Å²) in [5.41, 5.74) is 1.96. The molecule has 2 aromatic rings. The van der Waals surface area contributed by atoms with Crippen molar-refractivity contribution in [2.45, 2.75) is 12.8 Å². The molecule has 2 aromatic heterocycles. The fraction of sp³-hybridized carbons (Fsp3) is 0.286. The Hall–Kier alpha value is -1.65. The normalized spacial score (nSPS) is 10.3. The Balaban J connectivity index is 1.91. The van der Waals surface area contributed by atoms with Gasteiger partial charge in [-0.15, -0.1) is 5.10 Å². The van der Waals surface area contributed by atoms with Crippen LogP contribution in [-0.4, -0.2) is 20.3 Å². The Bertz CT molecular complexity index is 279. The molecular formula is C7H8N4O. The van der Waals surface area contributed by atoms with Crippen LogP contribution in [0, 0.1) is 0 Å². The van der Waals surface area contributed by atoms with Gasteiger partial charge in [0.25, 0.3) is 0 Å². The van der Waals surface area contributed by atoms with E-state index in [2.05, 4.69) is 24.9 Å². The first-order chi connectivity index (χ1) is 5.95. The van der Waals surface area contributed by atoms with Gasteiger partial charge in [-0.1, -0.05) is 0 Å². The highest BCUT2D eigenvalue weighted by atomic mass is 16.5. The predicted octanol–water partition coefficient (Wildman–Crippen LogP) is 0.578. The molecule has 0 aliphatic heterocycles. The van der Waals surface area contributed by atoms with Crippen molar-refractivity contribution in [1.29, 1.82) is 0 Å². The summed E-state index contributed by atoms with van der Waals surface area (Å²) < 4.78 is 4.60. The molecule has 2 rings (SSSR count). The molecule has 0 spiro atoms. The minimum atomic E-state index is 0.825. The van der Waals surface area contributed by atoms with E-state index in [1.165, 1.54) is 0 Å². The maximum Gasteiger partial charge on any atom is 0.147 e. The molecule has 5 nitrogen and oxygen atoms in total. The number of nitrogens with zero attached hydrogens (tertiary/aromatic N) is 3. The van der Waals surface area contributed by atoms with Gasteiger partial charge < -0.3 is 9.51 Å². The van der Waals surface area contributed by atoms with Gasteiger partial charge >= 0.3 is 0 Å². The molecule has 0 saturated heterocycles. The first kappa shape index (κ1) is 7.02. The molecule has 0 aliphatic rings. The lowest BCUT2D eigenvalue weighted by molar-refractivity contribution is 0.392. The van der Waals surface area contributed by atoms with Crippen LogP contribution in [-0.2, 0) is 12.8 Å². The van der Waals surface area contributed by atoms with Crippen molar-refractivity contribution < 1.29 is 4.52 Å². The van der Waals surface area contributed by atoms with Crippen LogP contribution in [0.4, 0.5) is 0 Å². The Labute approximate surface area is 68.8 Å². The fourth-order valence-electron chi connectivity index (χ4n) is 0.977. The zero-order valence-electron chi connectivity index (χ0n) is 6.40. The lowest BCUT2D eigenvalue weighted by Gasteiger charge is -1.90. The number of nitrogens with one attached hydrogen (secondary N) is 1. The molecule has 0 radical (unpaired) electrons. The number of aromatic amines is 1. The van der Waals surface area contributed by atoms with Crippen molar-refractivity contribution in [1.82, 2.24) is 20.3 Å². The van der Waals surface area contributed by atoms with Crippen LogP contribution in [0.3, 0.4) is 0 Å². The number of rotatable bonds is 3. The van der Waals surface area contributed by atoms with E-state index in [9.17, 15) is 0 Å². The van der Waals surface area contributed by atoms with Gasteiger partial charge in [0.15, 0.2) is 0 Å². The van der Waals surface area contributed by atoms with Gasteiger partial charge in [0, 0.05) is 23.6 Å². The van der Waals surface area contributed by atoms with Crippen molar-refractivity contribution in [3.8, 4) is 0 Å². The SMILES string of the molecule is c1ncc(CCc2conn2)[nH]1. The monoisotopic (exact) mass is 164 g/mol. The third-order valence-electron chi connectivity index (χ3n) is 1.61. The van der Waals surface area contributed by atoms with Gasteiger partial charge in [-0.2, -0.15) is 0 Å². The summed E-state index contributed by atoms with van der Waals surface area (Å²) in [4.78, 5) is 6.92. The van der Waals surface area contributed by atoms with Gasteiger partial charge in [-0.3, -0.25) is 0 Å². The first-order valence-electron chi connectivity index (χ1n) is 3.68. The molecule has 0 atom stereocenters. The van der Waals surface area contributed by atoms with Gasteiger partial charge in [0.1, 0.15) is 12.0 Å². The van der Waals surface area contributed by atoms with E-state index in [0.717, 1.165) is 24.2 Å². The quantitative estimate of drug-likeness (QED) is 0.720. The summed E-state index contributed by atoms with van der Waals surface area (Å²) in [6.07, 6.45) is 6.72. The summed E-state index contributed by atoms with van der Waals surface area (Å²) in [5.74, 6) is 0. The van der Waals surface area contributed by atoms with Crippen LogP contribution in [0.1, 0.15) is 11.4 Å². The highest BCUT2D eigenvalue weighted by molar-refractivity contribution is 4.99. The predicted molar refractivity (Wildman–Crippen MR) is 40.3 cm³/mol. The van der Waals surface area contributed by atoms with Crippen LogP contribution in [0.2, 0.25) is 0 Å². The third-order valence-corrected chi connectivity index (χ3v) is 1.61. The number of aryl methyl sites for hydroxylation is 2. The second-order valence-electron chi connectivity index (χ2n) is 2.47. The van der Waals surface area contributed by atoms with E-state index in [4.69, 9.17) is 0 Å². The van der Waals surface area contributed by atoms with Crippen molar-refractivity contribution in [3.05, 3.63) is 30.2 Å². The van der Waals surface area contributed by atoms with E-state index in [-0.39, 0.29) is 0 Å². The fourth-order valence-corrected chi connectivity index (χ4v) is 0.977. The maximum atomic E-state index is 4.60. The zero-order valence-corrected chi connectivity index (χ0v) is 6.40. The molecule has 1 N–H and O–H groups in total. The summed E-state index contributed by atoms with van der Waals surface area (Å²) in [6.45, 7) is 0. The minimum absolute atomic E-state index is 0.825. The van der Waals surface area contributed by atoms with E-state index < -0.39 is 0 Å². The van der Waals surface area contributed by atoms with Crippen LogP contribution in [0.5, 0.6) is 0 Å². The van der Waals surface area contributed by atoms with Gasteiger partial charge in [0.2, 0.25) is 0 Å². The Morgan fingerprint density at radius 1 is 1.42 bits per heavy atom. The number of H-pyrrole nitrogens is 1. The molecule has 0 amide bonds. The van der Waals surface area contributed by atoms with Crippen molar-refractivity contribution >= 4 is 0 Å². The van der Waals surface area contributed by atoms with E-state index in [1.54, 1.807) is 18.8 Å². The average molecular weight is 164 g/mol. The molecule has 0 fully saturated rings. The second-order valence-corrected chi connectivity index (χ2v) is 2.47. The summed E-state index contributed by atoms with van der Waals surface area (Å²) in [5, 5.41) is 7.14. The summed E-state index contributed by atoms with van der Waals surface area (Å²) >= 11 is 0. The van der Waals surface area contributed by atoms with E-state index in [0.29, 0.717) is 0 Å².